The third kappa shape index (κ3) is 3.30. The lowest BCUT2D eigenvalue weighted by molar-refractivity contribution is 0.0397. The molecule has 1 nitrogen and oxygen atoms in total. The first-order valence-electron chi connectivity index (χ1n) is 5.81. The van der Waals surface area contributed by atoms with E-state index in [1.54, 1.807) is 0 Å². The molecule has 1 aliphatic carbocycles. The smallest absolute Gasteiger partial charge is 0.0568 e. The highest BCUT2D eigenvalue weighted by Gasteiger charge is 2.27. The van der Waals surface area contributed by atoms with E-state index in [-0.39, 0.29) is 6.10 Å². The minimum absolute atomic E-state index is 0.00907. The van der Waals surface area contributed by atoms with Crippen molar-refractivity contribution in [2.45, 2.75) is 59.0 Å². The van der Waals surface area contributed by atoms with Gasteiger partial charge >= 0.3 is 0 Å². The Morgan fingerprint density at radius 3 is 2.69 bits per heavy atom. The summed E-state index contributed by atoms with van der Waals surface area (Å²) in [6.07, 6.45) is 5.95. The van der Waals surface area contributed by atoms with E-state index < -0.39 is 0 Å². The molecule has 13 heavy (non-hydrogen) atoms. The molecule has 0 aromatic rings. The van der Waals surface area contributed by atoms with Crippen molar-refractivity contribution in [2.75, 3.05) is 0 Å². The largest absolute Gasteiger partial charge is 0.393 e. The van der Waals surface area contributed by atoms with Gasteiger partial charge in [-0.2, -0.15) is 0 Å². The van der Waals surface area contributed by atoms with Gasteiger partial charge in [-0.15, -0.1) is 0 Å². The van der Waals surface area contributed by atoms with Crippen molar-refractivity contribution in [1.29, 1.82) is 0 Å². The van der Waals surface area contributed by atoms with Crippen LogP contribution in [0.1, 0.15) is 52.9 Å². The first-order valence-corrected chi connectivity index (χ1v) is 5.81. The standard InChI is InChI=1S/C12H24O/c1-4-9(2)7-11-8-10(3)5-6-12(11)13/h9-13H,4-8H2,1-3H3. The molecule has 1 N–H and O–H groups in total. The molecule has 0 bridgehead atoms. The van der Waals surface area contributed by atoms with Gasteiger partial charge < -0.3 is 5.11 Å². The SMILES string of the molecule is CCC(C)CC1CC(C)CCC1O. The van der Waals surface area contributed by atoms with E-state index in [4.69, 9.17) is 0 Å². The first-order chi connectivity index (χ1) is 6.13. The lowest BCUT2D eigenvalue weighted by atomic mass is 9.76. The second-order valence-electron chi connectivity index (χ2n) is 4.99. The Morgan fingerprint density at radius 2 is 2.08 bits per heavy atom. The number of hydrogen-bond donors (Lipinski definition) is 1. The predicted molar refractivity (Wildman–Crippen MR) is 56.6 cm³/mol. The van der Waals surface area contributed by atoms with Crippen LogP contribution in [0.25, 0.3) is 0 Å². The molecule has 0 amide bonds. The monoisotopic (exact) mass is 184 g/mol. The van der Waals surface area contributed by atoms with Gasteiger partial charge in [-0.05, 0) is 43.4 Å². The fraction of sp³-hybridized carbons (Fsp3) is 1.00. The fourth-order valence-corrected chi connectivity index (χ4v) is 2.42. The molecule has 0 radical (unpaired) electrons. The predicted octanol–water partition coefficient (Wildman–Crippen LogP) is 3.22. The number of hydrogen-bond acceptors (Lipinski definition) is 1. The Hall–Kier alpha value is -0.0400. The minimum Gasteiger partial charge on any atom is -0.393 e. The number of aliphatic hydroxyl groups excluding tert-OH is 1. The summed E-state index contributed by atoms with van der Waals surface area (Å²) in [5, 5.41) is 9.83. The maximum absolute atomic E-state index is 9.83. The van der Waals surface area contributed by atoms with Crippen molar-refractivity contribution in [1.82, 2.24) is 0 Å². The molecule has 0 heterocycles. The number of aliphatic hydroxyl groups is 1. The Kier molecular flexibility index (Phi) is 4.24. The molecule has 1 aliphatic rings. The maximum atomic E-state index is 9.83. The quantitative estimate of drug-likeness (QED) is 0.714. The molecule has 1 fully saturated rings. The fourth-order valence-electron chi connectivity index (χ4n) is 2.42. The highest BCUT2D eigenvalue weighted by molar-refractivity contribution is 4.78. The summed E-state index contributed by atoms with van der Waals surface area (Å²) in [5.41, 5.74) is 0. The third-order valence-corrected chi connectivity index (χ3v) is 3.61. The van der Waals surface area contributed by atoms with Crippen LogP contribution in [0, 0.1) is 17.8 Å². The molecule has 0 spiro atoms. The summed E-state index contributed by atoms with van der Waals surface area (Å²) >= 11 is 0. The van der Waals surface area contributed by atoms with E-state index in [9.17, 15) is 5.11 Å². The van der Waals surface area contributed by atoms with Gasteiger partial charge in [0.25, 0.3) is 0 Å². The summed E-state index contributed by atoms with van der Waals surface area (Å²) in [5.74, 6) is 2.20. The summed E-state index contributed by atoms with van der Waals surface area (Å²) in [7, 11) is 0. The van der Waals surface area contributed by atoms with Gasteiger partial charge in [0, 0.05) is 0 Å². The maximum Gasteiger partial charge on any atom is 0.0568 e. The summed E-state index contributed by atoms with van der Waals surface area (Å²) in [6, 6.07) is 0. The van der Waals surface area contributed by atoms with Crippen LogP contribution in [0.4, 0.5) is 0 Å². The molecule has 1 rings (SSSR count). The average Bonchev–Trinajstić information content (AvgIpc) is 2.11. The molecule has 4 atom stereocenters. The molecular formula is C12H24O. The minimum atomic E-state index is -0.00907. The van der Waals surface area contributed by atoms with Crippen LogP contribution in [0.3, 0.4) is 0 Å². The average molecular weight is 184 g/mol. The van der Waals surface area contributed by atoms with Crippen molar-refractivity contribution in [2.24, 2.45) is 17.8 Å². The van der Waals surface area contributed by atoms with Crippen LogP contribution in [-0.4, -0.2) is 11.2 Å². The Morgan fingerprint density at radius 1 is 1.38 bits per heavy atom. The summed E-state index contributed by atoms with van der Waals surface area (Å²) in [6.45, 7) is 6.85. The molecule has 4 unspecified atom stereocenters. The van der Waals surface area contributed by atoms with Gasteiger partial charge in [0.2, 0.25) is 0 Å². The first kappa shape index (κ1) is 11.0. The van der Waals surface area contributed by atoms with Gasteiger partial charge in [-0.1, -0.05) is 27.2 Å². The van der Waals surface area contributed by atoms with Crippen LogP contribution in [-0.2, 0) is 0 Å². The summed E-state index contributed by atoms with van der Waals surface area (Å²) < 4.78 is 0. The molecule has 0 aromatic heterocycles. The molecule has 1 heteroatoms. The summed E-state index contributed by atoms with van der Waals surface area (Å²) in [4.78, 5) is 0. The van der Waals surface area contributed by atoms with Crippen molar-refractivity contribution < 1.29 is 5.11 Å². The topological polar surface area (TPSA) is 20.2 Å². The van der Waals surface area contributed by atoms with Gasteiger partial charge in [-0.3, -0.25) is 0 Å². The van der Waals surface area contributed by atoms with E-state index in [2.05, 4.69) is 20.8 Å². The van der Waals surface area contributed by atoms with Crippen molar-refractivity contribution in [3.63, 3.8) is 0 Å². The zero-order valence-corrected chi connectivity index (χ0v) is 9.29. The van der Waals surface area contributed by atoms with Gasteiger partial charge in [0.1, 0.15) is 0 Å². The Balaban J connectivity index is 2.37. The highest BCUT2D eigenvalue weighted by atomic mass is 16.3. The molecule has 0 aromatic carbocycles. The second kappa shape index (κ2) is 4.99. The molecule has 1 saturated carbocycles. The van der Waals surface area contributed by atoms with E-state index >= 15 is 0 Å². The van der Waals surface area contributed by atoms with Gasteiger partial charge in [-0.25, -0.2) is 0 Å². The van der Waals surface area contributed by atoms with E-state index in [1.165, 1.54) is 25.7 Å². The van der Waals surface area contributed by atoms with Crippen molar-refractivity contribution in [3.8, 4) is 0 Å². The number of rotatable bonds is 3. The van der Waals surface area contributed by atoms with Crippen LogP contribution in [0.15, 0.2) is 0 Å². The second-order valence-corrected chi connectivity index (χ2v) is 4.99. The molecule has 0 aliphatic heterocycles. The zero-order chi connectivity index (χ0) is 9.84. The van der Waals surface area contributed by atoms with Crippen LogP contribution < -0.4 is 0 Å². The van der Waals surface area contributed by atoms with E-state index in [1.807, 2.05) is 0 Å². The Labute approximate surface area is 82.5 Å². The van der Waals surface area contributed by atoms with Gasteiger partial charge in [0.05, 0.1) is 6.10 Å². The van der Waals surface area contributed by atoms with E-state index in [0.717, 1.165) is 18.3 Å². The van der Waals surface area contributed by atoms with Gasteiger partial charge in [0.15, 0.2) is 0 Å². The van der Waals surface area contributed by atoms with Crippen LogP contribution in [0.2, 0.25) is 0 Å². The van der Waals surface area contributed by atoms with Crippen LogP contribution >= 0.6 is 0 Å². The highest BCUT2D eigenvalue weighted by Crippen LogP contribution is 2.33. The molecule has 78 valence electrons. The molecule has 0 saturated heterocycles. The van der Waals surface area contributed by atoms with Crippen LogP contribution in [0.5, 0.6) is 0 Å². The third-order valence-electron chi connectivity index (χ3n) is 3.61. The molecular weight excluding hydrogens is 160 g/mol. The lowest BCUT2D eigenvalue weighted by Gasteiger charge is -2.33. The lowest BCUT2D eigenvalue weighted by Crippen LogP contribution is -2.29. The van der Waals surface area contributed by atoms with E-state index in [0.29, 0.717) is 5.92 Å². The zero-order valence-electron chi connectivity index (χ0n) is 9.29. The van der Waals surface area contributed by atoms with Crippen molar-refractivity contribution in [3.05, 3.63) is 0 Å². The Bertz CT molecular complexity index is 144. The van der Waals surface area contributed by atoms with Crippen molar-refractivity contribution >= 4 is 0 Å². The normalized spacial score (nSPS) is 37.4.